The quantitative estimate of drug-likeness (QED) is 0.871. The van der Waals surface area contributed by atoms with Gasteiger partial charge < -0.3 is 5.73 Å². The van der Waals surface area contributed by atoms with Crippen molar-refractivity contribution < 1.29 is 21.6 Å². The number of alkyl halides is 3. The number of benzene rings is 1. The van der Waals surface area contributed by atoms with Crippen molar-refractivity contribution in [2.24, 2.45) is 5.73 Å². The molecule has 3 nitrogen and oxygen atoms in total. The van der Waals surface area contributed by atoms with Gasteiger partial charge in [-0.25, -0.2) is 8.42 Å². The van der Waals surface area contributed by atoms with Gasteiger partial charge in [0.1, 0.15) is 6.04 Å². The van der Waals surface area contributed by atoms with Crippen molar-refractivity contribution in [3.63, 3.8) is 0 Å². The van der Waals surface area contributed by atoms with Crippen LogP contribution < -0.4 is 5.73 Å². The van der Waals surface area contributed by atoms with E-state index in [9.17, 15) is 21.6 Å². The van der Waals surface area contributed by atoms with Crippen LogP contribution in [0.4, 0.5) is 13.2 Å². The van der Waals surface area contributed by atoms with Gasteiger partial charge in [0.05, 0.1) is 4.90 Å². The Kier molecular flexibility index (Phi) is 3.30. The molecule has 0 aliphatic rings. The minimum absolute atomic E-state index is 0.176. The number of rotatable bonds is 2. The molecule has 0 aliphatic heterocycles. The summed E-state index contributed by atoms with van der Waals surface area (Å²) in [4.78, 5) is -0.176. The van der Waals surface area contributed by atoms with E-state index in [1.54, 1.807) is 0 Å². The predicted molar refractivity (Wildman–Crippen MR) is 52.5 cm³/mol. The monoisotopic (exact) mass is 253 g/mol. The Morgan fingerprint density at radius 3 is 2.31 bits per heavy atom. The average molecular weight is 253 g/mol. The highest BCUT2D eigenvalue weighted by atomic mass is 32.2. The first kappa shape index (κ1) is 13.0. The number of sulfone groups is 1. The van der Waals surface area contributed by atoms with Crippen molar-refractivity contribution in [2.75, 3.05) is 6.26 Å². The molecular weight excluding hydrogens is 243 g/mol. The molecule has 0 aliphatic carbocycles. The zero-order chi connectivity index (χ0) is 12.6. The fraction of sp³-hybridized carbons (Fsp3) is 0.333. The second kappa shape index (κ2) is 4.06. The summed E-state index contributed by atoms with van der Waals surface area (Å²) >= 11 is 0. The molecule has 0 spiro atoms. The summed E-state index contributed by atoms with van der Waals surface area (Å²) in [7, 11) is -3.53. The van der Waals surface area contributed by atoms with Crippen LogP contribution in [0.5, 0.6) is 0 Å². The Balaban J connectivity index is 3.19. The number of nitrogens with two attached hydrogens (primary N) is 1. The van der Waals surface area contributed by atoms with Gasteiger partial charge in [0, 0.05) is 6.26 Å². The Labute approximate surface area is 91.0 Å². The summed E-state index contributed by atoms with van der Waals surface area (Å²) in [6, 6.07) is 2.37. The van der Waals surface area contributed by atoms with Crippen molar-refractivity contribution in [3.8, 4) is 0 Å². The second-order valence-electron chi connectivity index (χ2n) is 3.36. The minimum atomic E-state index is -4.59. The lowest BCUT2D eigenvalue weighted by Gasteiger charge is -2.16. The first-order valence-corrected chi connectivity index (χ1v) is 6.14. The van der Waals surface area contributed by atoms with Crippen LogP contribution in [0.2, 0.25) is 0 Å². The summed E-state index contributed by atoms with van der Waals surface area (Å²) < 4.78 is 59.1. The van der Waals surface area contributed by atoms with E-state index in [4.69, 9.17) is 5.73 Å². The molecule has 90 valence electrons. The van der Waals surface area contributed by atoms with Crippen LogP contribution in [-0.4, -0.2) is 20.8 Å². The largest absolute Gasteiger partial charge is 0.407 e. The average Bonchev–Trinajstić information content (AvgIpc) is 2.14. The highest BCUT2D eigenvalue weighted by Gasteiger charge is 2.38. The van der Waals surface area contributed by atoms with Crippen LogP contribution in [0.25, 0.3) is 0 Å². The highest BCUT2D eigenvalue weighted by Crippen LogP contribution is 2.31. The lowest BCUT2D eigenvalue weighted by Crippen LogP contribution is -2.28. The molecule has 7 heteroatoms. The zero-order valence-electron chi connectivity index (χ0n) is 8.32. The standard InChI is InChI=1S/C9H10F3NO2S/c1-16(14,15)7-4-2-3-6(5-7)8(13)9(10,11)12/h2-5,8H,13H2,1H3. The first-order valence-electron chi connectivity index (χ1n) is 4.24. The van der Waals surface area contributed by atoms with Crippen LogP contribution in [0.15, 0.2) is 29.2 Å². The first-order chi connectivity index (χ1) is 7.12. The van der Waals surface area contributed by atoms with Gasteiger partial charge in [-0.2, -0.15) is 13.2 Å². The van der Waals surface area contributed by atoms with Gasteiger partial charge in [0.2, 0.25) is 0 Å². The molecule has 0 bridgehead atoms. The van der Waals surface area contributed by atoms with E-state index in [0.29, 0.717) is 0 Å². The smallest absolute Gasteiger partial charge is 0.316 e. The molecular formula is C9H10F3NO2S. The van der Waals surface area contributed by atoms with Gasteiger partial charge in [0.15, 0.2) is 9.84 Å². The maximum Gasteiger partial charge on any atom is 0.407 e. The van der Waals surface area contributed by atoms with Gasteiger partial charge in [0.25, 0.3) is 0 Å². The Morgan fingerprint density at radius 1 is 1.31 bits per heavy atom. The summed E-state index contributed by atoms with van der Waals surface area (Å²) in [5.41, 5.74) is 4.70. The van der Waals surface area contributed by atoms with E-state index in [1.165, 1.54) is 12.1 Å². The lowest BCUT2D eigenvalue weighted by atomic mass is 10.1. The maximum absolute atomic E-state index is 12.3. The summed E-state index contributed by atoms with van der Waals surface area (Å²) in [6.45, 7) is 0. The van der Waals surface area contributed by atoms with Crippen LogP contribution in [-0.2, 0) is 9.84 Å². The molecule has 0 saturated heterocycles. The number of halogens is 3. The van der Waals surface area contributed by atoms with Crippen LogP contribution in [0.1, 0.15) is 11.6 Å². The molecule has 0 saturated carbocycles. The second-order valence-corrected chi connectivity index (χ2v) is 5.38. The molecule has 0 aromatic heterocycles. The van der Waals surface area contributed by atoms with E-state index in [1.807, 2.05) is 0 Å². The third-order valence-electron chi connectivity index (χ3n) is 2.00. The third kappa shape index (κ3) is 2.96. The summed E-state index contributed by atoms with van der Waals surface area (Å²) in [5, 5.41) is 0. The van der Waals surface area contributed by atoms with Crippen molar-refractivity contribution in [2.45, 2.75) is 17.1 Å². The maximum atomic E-state index is 12.3. The Bertz CT molecular complexity index is 482. The van der Waals surface area contributed by atoms with Crippen LogP contribution in [0.3, 0.4) is 0 Å². The van der Waals surface area contributed by atoms with Crippen molar-refractivity contribution >= 4 is 9.84 Å². The van der Waals surface area contributed by atoms with Crippen LogP contribution >= 0.6 is 0 Å². The molecule has 1 atom stereocenters. The van der Waals surface area contributed by atoms with Gasteiger partial charge in [-0.1, -0.05) is 12.1 Å². The van der Waals surface area contributed by atoms with E-state index in [-0.39, 0.29) is 10.5 Å². The van der Waals surface area contributed by atoms with Crippen molar-refractivity contribution in [1.82, 2.24) is 0 Å². The summed E-state index contributed by atoms with van der Waals surface area (Å²) in [5.74, 6) is 0. The number of hydrogen-bond donors (Lipinski definition) is 1. The van der Waals surface area contributed by atoms with Gasteiger partial charge >= 0.3 is 6.18 Å². The molecule has 0 radical (unpaired) electrons. The normalized spacial score (nSPS) is 14.8. The predicted octanol–water partition coefficient (Wildman–Crippen LogP) is 1.65. The van der Waals surface area contributed by atoms with Gasteiger partial charge in [-0.3, -0.25) is 0 Å². The van der Waals surface area contributed by atoms with Crippen molar-refractivity contribution in [3.05, 3.63) is 29.8 Å². The molecule has 0 heterocycles. The highest BCUT2D eigenvalue weighted by molar-refractivity contribution is 7.90. The van der Waals surface area contributed by atoms with E-state index >= 15 is 0 Å². The fourth-order valence-corrected chi connectivity index (χ4v) is 1.80. The SMILES string of the molecule is CS(=O)(=O)c1cccc(C(N)C(F)(F)F)c1. The molecule has 1 unspecified atom stereocenters. The molecule has 2 N–H and O–H groups in total. The lowest BCUT2D eigenvalue weighted by molar-refractivity contribution is -0.149. The van der Waals surface area contributed by atoms with Gasteiger partial charge in [-0.15, -0.1) is 0 Å². The summed E-state index contributed by atoms with van der Waals surface area (Å²) in [6.07, 6.45) is -3.67. The molecule has 1 aromatic rings. The molecule has 0 amide bonds. The van der Waals surface area contributed by atoms with Crippen molar-refractivity contribution in [1.29, 1.82) is 0 Å². The minimum Gasteiger partial charge on any atom is -0.316 e. The Hall–Kier alpha value is -1.08. The molecule has 16 heavy (non-hydrogen) atoms. The van der Waals surface area contributed by atoms with E-state index < -0.39 is 22.1 Å². The zero-order valence-corrected chi connectivity index (χ0v) is 9.14. The van der Waals surface area contributed by atoms with Crippen LogP contribution in [0, 0.1) is 0 Å². The number of hydrogen-bond acceptors (Lipinski definition) is 3. The topological polar surface area (TPSA) is 60.2 Å². The molecule has 1 rings (SSSR count). The van der Waals surface area contributed by atoms with E-state index in [2.05, 4.69) is 0 Å². The fourth-order valence-electron chi connectivity index (χ4n) is 1.13. The van der Waals surface area contributed by atoms with E-state index in [0.717, 1.165) is 18.4 Å². The molecule has 1 aromatic carbocycles. The Morgan fingerprint density at radius 2 is 1.88 bits per heavy atom. The molecule has 0 fully saturated rings. The van der Waals surface area contributed by atoms with Gasteiger partial charge in [-0.05, 0) is 17.7 Å². The third-order valence-corrected chi connectivity index (χ3v) is 3.11.